The van der Waals surface area contributed by atoms with Gasteiger partial charge in [0.05, 0.1) is 0 Å². The Kier molecular flexibility index (Phi) is 6.96. The van der Waals surface area contributed by atoms with E-state index in [1.54, 1.807) is 11.0 Å². The number of carboxylic acid groups (broad SMARTS) is 1. The molecule has 1 aliphatic heterocycles. The normalized spacial score (nSPS) is 15.3. The molecular weight excluding hydrogens is 382 g/mol. The predicted molar refractivity (Wildman–Crippen MR) is 62.6 cm³/mol. The Morgan fingerprint density at radius 2 is 2.33 bits per heavy atom. The Labute approximate surface area is 128 Å². The second kappa shape index (κ2) is 6.81. The van der Waals surface area contributed by atoms with E-state index in [0.29, 0.717) is 0 Å². The van der Waals surface area contributed by atoms with Crippen molar-refractivity contribution in [2.45, 2.75) is 13.3 Å². The first kappa shape index (κ1) is 15.3. The average molecular weight is 393 g/mol. The van der Waals surface area contributed by atoms with Crippen LogP contribution in [0.3, 0.4) is 0 Å². The maximum absolute atomic E-state index is 10.8. The molecule has 15 heavy (non-hydrogen) atoms. The van der Waals surface area contributed by atoms with Crippen LogP contribution in [0.4, 0.5) is 0 Å². The van der Waals surface area contributed by atoms with Crippen LogP contribution in [0.2, 0.25) is 0 Å². The van der Waals surface area contributed by atoms with Gasteiger partial charge in [-0.15, -0.1) is 12.7 Å². The number of halogens is 1. The number of nitrogens with zero attached hydrogens (tertiary/aromatic N) is 1. The zero-order valence-electron chi connectivity index (χ0n) is 8.46. The molecule has 0 fully saturated rings. The van der Waals surface area contributed by atoms with Crippen LogP contribution in [-0.2, 0) is 37.5 Å². The van der Waals surface area contributed by atoms with Gasteiger partial charge in [-0.3, -0.25) is 0 Å². The fourth-order valence-electron chi connectivity index (χ4n) is 1.11. The van der Waals surface area contributed by atoms with Crippen LogP contribution >= 0.6 is 22.6 Å². The molecule has 5 heteroatoms. The van der Waals surface area contributed by atoms with Crippen molar-refractivity contribution in [3.63, 3.8) is 0 Å². The van der Waals surface area contributed by atoms with E-state index >= 15 is 0 Å². The number of allylic oxidation sites excluding steroid dienone is 1. The van der Waals surface area contributed by atoms with Crippen molar-refractivity contribution < 1.29 is 42.6 Å². The van der Waals surface area contributed by atoms with Crippen LogP contribution in [-0.4, -0.2) is 22.5 Å². The van der Waals surface area contributed by atoms with Crippen LogP contribution in [0.1, 0.15) is 13.3 Å². The summed E-state index contributed by atoms with van der Waals surface area (Å²) in [5.41, 5.74) is 1.01. The van der Waals surface area contributed by atoms with E-state index in [4.69, 9.17) is 5.11 Å². The topological polar surface area (TPSA) is 40.5 Å². The molecule has 1 rings (SSSR count). The van der Waals surface area contributed by atoms with Crippen molar-refractivity contribution in [1.82, 2.24) is 4.90 Å². The molecule has 1 aliphatic rings. The summed E-state index contributed by atoms with van der Waals surface area (Å²) in [6, 6.07) is 0. The molecule has 0 aromatic rings. The summed E-state index contributed by atoms with van der Waals surface area (Å²) < 4.78 is 0.854. The maximum Gasteiger partial charge on any atom is 0.249 e. The summed E-state index contributed by atoms with van der Waals surface area (Å²) in [6.45, 7) is 6.64. The standard InChI is InChI=1S/C10H11INO2.Y/c1-3-4-12-6-8(10(13)14)5-9(11)7(12)2;/h5H,2-4H2,1H3,(H,13,14);/q-1;. The number of hydrogen-bond acceptors (Lipinski definition) is 2. The van der Waals surface area contributed by atoms with Gasteiger partial charge in [-0.25, -0.2) is 0 Å². The number of carboxylic acids is 1. The molecule has 1 N–H and O–H groups in total. The Hall–Kier alpha value is 0.324. The number of carbonyl (C=O) groups is 1. The summed E-state index contributed by atoms with van der Waals surface area (Å²) in [6.07, 6.45) is 5.32. The van der Waals surface area contributed by atoms with Gasteiger partial charge in [0.15, 0.2) is 0 Å². The summed E-state index contributed by atoms with van der Waals surface area (Å²) in [4.78, 5) is 12.5. The largest absolute Gasteiger partial charge is 0.521 e. The first-order valence-corrected chi connectivity index (χ1v) is 5.35. The van der Waals surface area contributed by atoms with E-state index in [-0.39, 0.29) is 38.3 Å². The molecule has 0 saturated heterocycles. The Morgan fingerprint density at radius 1 is 1.73 bits per heavy atom. The minimum Gasteiger partial charge on any atom is -0.521 e. The van der Waals surface area contributed by atoms with E-state index in [1.165, 1.54) is 0 Å². The van der Waals surface area contributed by atoms with E-state index in [9.17, 15) is 4.79 Å². The van der Waals surface area contributed by atoms with Gasteiger partial charge < -0.3 is 14.8 Å². The minimum absolute atomic E-state index is 0. The molecule has 0 bridgehead atoms. The fraction of sp³-hybridized carbons (Fsp3) is 0.300. The van der Waals surface area contributed by atoms with E-state index < -0.39 is 5.97 Å². The van der Waals surface area contributed by atoms with E-state index in [0.717, 1.165) is 22.2 Å². The van der Waals surface area contributed by atoms with Crippen LogP contribution in [0.15, 0.2) is 27.5 Å². The van der Waals surface area contributed by atoms with Gasteiger partial charge in [-0.2, -0.15) is 0 Å². The predicted octanol–water partition coefficient (Wildman–Crippen LogP) is 2.31. The molecule has 0 unspecified atom stereocenters. The summed E-state index contributed by atoms with van der Waals surface area (Å²) in [5.74, 6) is -0.951. The minimum atomic E-state index is -0.951. The third-order valence-corrected chi connectivity index (χ3v) is 2.74. The van der Waals surface area contributed by atoms with E-state index in [1.807, 2.05) is 6.92 Å². The molecule has 0 amide bonds. The molecule has 0 saturated carbocycles. The molecule has 0 aromatic heterocycles. The van der Waals surface area contributed by atoms with Crippen molar-refractivity contribution in [2.24, 2.45) is 0 Å². The summed E-state index contributed by atoms with van der Waals surface area (Å²) in [5, 5.41) is 8.82. The number of rotatable bonds is 3. The molecule has 0 spiro atoms. The zero-order chi connectivity index (χ0) is 10.7. The Morgan fingerprint density at radius 3 is 2.80 bits per heavy atom. The van der Waals surface area contributed by atoms with Crippen LogP contribution in [0.5, 0.6) is 0 Å². The third-order valence-electron chi connectivity index (χ3n) is 1.81. The number of aliphatic carboxylic acids is 1. The van der Waals surface area contributed by atoms with Gasteiger partial charge in [0, 0.05) is 39.3 Å². The SMILES string of the molecule is C=C1C(I)=CC(C(=O)O)=[C-]N1CCC.[Y]. The maximum atomic E-state index is 10.8. The first-order valence-electron chi connectivity index (χ1n) is 4.27. The van der Waals surface area contributed by atoms with Crippen molar-refractivity contribution in [3.05, 3.63) is 33.7 Å². The van der Waals surface area contributed by atoms with Gasteiger partial charge >= 0.3 is 0 Å². The van der Waals surface area contributed by atoms with Crippen molar-refractivity contribution in [3.8, 4) is 0 Å². The molecular formula is C10H11INO2Y-. The van der Waals surface area contributed by atoms with Crippen molar-refractivity contribution in [1.29, 1.82) is 0 Å². The number of hydrogen-bond donors (Lipinski definition) is 1. The molecule has 0 aromatic carbocycles. The third kappa shape index (κ3) is 4.00. The molecule has 0 atom stereocenters. The van der Waals surface area contributed by atoms with Crippen LogP contribution < -0.4 is 0 Å². The smallest absolute Gasteiger partial charge is 0.249 e. The van der Waals surface area contributed by atoms with Crippen molar-refractivity contribution >= 4 is 28.6 Å². The molecule has 1 heterocycles. The van der Waals surface area contributed by atoms with Gasteiger partial charge in [0.2, 0.25) is 5.97 Å². The second-order valence-electron chi connectivity index (χ2n) is 2.92. The summed E-state index contributed by atoms with van der Waals surface area (Å²) >= 11 is 2.08. The van der Waals surface area contributed by atoms with Gasteiger partial charge in [-0.1, -0.05) is 35.7 Å². The van der Waals surface area contributed by atoms with Gasteiger partial charge in [-0.05, 0) is 21.3 Å². The molecule has 0 aliphatic carbocycles. The second-order valence-corrected chi connectivity index (χ2v) is 4.08. The van der Waals surface area contributed by atoms with Gasteiger partial charge in [0.25, 0.3) is 0 Å². The van der Waals surface area contributed by atoms with Crippen molar-refractivity contribution in [2.75, 3.05) is 6.54 Å². The monoisotopic (exact) mass is 393 g/mol. The zero-order valence-corrected chi connectivity index (χ0v) is 13.5. The van der Waals surface area contributed by atoms with Gasteiger partial charge in [0.1, 0.15) is 0 Å². The summed E-state index contributed by atoms with van der Waals surface area (Å²) in [7, 11) is 0. The Balaban J connectivity index is 0.00000196. The molecule has 1 radical (unpaired) electrons. The fourth-order valence-corrected chi connectivity index (χ4v) is 1.71. The quantitative estimate of drug-likeness (QED) is 0.591. The first-order chi connectivity index (χ1) is 6.56. The molecule has 3 nitrogen and oxygen atoms in total. The van der Waals surface area contributed by atoms with E-state index in [2.05, 4.69) is 35.4 Å². The average Bonchev–Trinajstić information content (AvgIpc) is 2.12. The molecule has 79 valence electrons. The van der Waals surface area contributed by atoms with Crippen LogP contribution in [0.25, 0.3) is 0 Å². The Bertz CT molecular complexity index is 336. The van der Waals surface area contributed by atoms with Crippen LogP contribution in [0, 0.1) is 6.20 Å².